The van der Waals surface area contributed by atoms with Crippen LogP contribution in [0.5, 0.6) is 0 Å². The monoisotopic (exact) mass is 322 g/mol. The van der Waals surface area contributed by atoms with E-state index in [1.54, 1.807) is 29.1 Å². The molecule has 0 N–H and O–H groups in total. The van der Waals surface area contributed by atoms with Crippen molar-refractivity contribution in [3.8, 4) is 5.82 Å². The molecule has 0 aliphatic rings. The molecule has 0 aliphatic heterocycles. The Hall–Kier alpha value is -2.09. The molecule has 19 heavy (non-hydrogen) atoms. The lowest BCUT2D eigenvalue weighted by molar-refractivity contribution is 0.582. The molecule has 8 heteroatoms. The Balaban J connectivity index is 1.91. The molecule has 0 spiro atoms. The van der Waals surface area contributed by atoms with Gasteiger partial charge < -0.3 is 0 Å². The van der Waals surface area contributed by atoms with Crippen LogP contribution in [0.3, 0.4) is 0 Å². The minimum absolute atomic E-state index is 0.252. The molecule has 3 rings (SSSR count). The smallest absolute Gasteiger partial charge is 0.192 e. The van der Waals surface area contributed by atoms with Gasteiger partial charge in [0.05, 0.1) is 11.0 Å². The number of tetrazole rings is 1. The summed E-state index contributed by atoms with van der Waals surface area (Å²) in [6, 6.07) is 6.60. The fourth-order valence-electron chi connectivity index (χ4n) is 1.68. The van der Waals surface area contributed by atoms with Crippen LogP contribution >= 0.6 is 15.9 Å². The van der Waals surface area contributed by atoms with Crippen molar-refractivity contribution in [3.63, 3.8) is 0 Å². The number of aromatic nitrogens is 6. The Morgan fingerprint density at radius 2 is 2.11 bits per heavy atom. The average Bonchev–Trinajstić information content (AvgIpc) is 3.01. The van der Waals surface area contributed by atoms with Crippen LogP contribution in [0.2, 0.25) is 0 Å². The minimum Gasteiger partial charge on any atom is -0.265 e. The summed E-state index contributed by atoms with van der Waals surface area (Å²) >= 11 is 3.38. The quantitative estimate of drug-likeness (QED) is 0.737. The van der Waals surface area contributed by atoms with Crippen LogP contribution in [0.15, 0.2) is 41.3 Å². The highest BCUT2D eigenvalue weighted by molar-refractivity contribution is 9.10. The third-order valence-corrected chi connectivity index (χ3v) is 3.11. The lowest BCUT2D eigenvalue weighted by atomic mass is 10.2. The van der Waals surface area contributed by atoms with E-state index in [-0.39, 0.29) is 5.82 Å². The van der Waals surface area contributed by atoms with Crippen molar-refractivity contribution >= 4 is 15.9 Å². The van der Waals surface area contributed by atoms with Crippen LogP contribution in [0.4, 0.5) is 4.39 Å². The zero-order valence-electron chi connectivity index (χ0n) is 9.61. The third-order valence-electron chi connectivity index (χ3n) is 2.56. The lowest BCUT2D eigenvalue weighted by Crippen LogP contribution is -2.04. The van der Waals surface area contributed by atoms with Crippen molar-refractivity contribution in [3.05, 3.63) is 52.6 Å². The van der Waals surface area contributed by atoms with Crippen LogP contribution in [-0.4, -0.2) is 30.0 Å². The van der Waals surface area contributed by atoms with Crippen LogP contribution in [0.25, 0.3) is 5.82 Å². The van der Waals surface area contributed by atoms with Crippen molar-refractivity contribution < 1.29 is 4.39 Å². The minimum atomic E-state index is -0.252. The molecule has 2 heterocycles. The summed E-state index contributed by atoms with van der Waals surface area (Å²) < 4.78 is 17.4. The molecule has 0 unspecified atom stereocenters. The second-order valence-corrected chi connectivity index (χ2v) is 4.70. The molecule has 0 fully saturated rings. The normalized spacial score (nSPS) is 10.8. The largest absolute Gasteiger partial charge is 0.265 e. The third kappa shape index (κ3) is 2.39. The van der Waals surface area contributed by atoms with Gasteiger partial charge in [-0.15, -0.1) is 5.10 Å². The number of hydrogen-bond donors (Lipinski definition) is 0. The Morgan fingerprint density at radius 3 is 2.84 bits per heavy atom. The van der Waals surface area contributed by atoms with Gasteiger partial charge in [0.25, 0.3) is 0 Å². The van der Waals surface area contributed by atoms with E-state index in [1.165, 1.54) is 17.1 Å². The van der Waals surface area contributed by atoms with Gasteiger partial charge in [0, 0.05) is 11.8 Å². The fraction of sp³-hybridized carbons (Fsp3) is 0.0909. The number of benzene rings is 1. The topological polar surface area (TPSA) is 61.4 Å². The Kier molecular flexibility index (Phi) is 3.08. The highest BCUT2D eigenvalue weighted by Gasteiger charge is 2.11. The van der Waals surface area contributed by atoms with Crippen molar-refractivity contribution in [1.29, 1.82) is 0 Å². The van der Waals surface area contributed by atoms with Crippen molar-refractivity contribution in [2.45, 2.75) is 6.54 Å². The van der Waals surface area contributed by atoms with Gasteiger partial charge in [-0.3, -0.25) is 4.68 Å². The van der Waals surface area contributed by atoms with E-state index < -0.39 is 0 Å². The summed E-state index contributed by atoms with van der Waals surface area (Å²) in [4.78, 5) is 0. The van der Waals surface area contributed by atoms with Crippen LogP contribution in [0, 0.1) is 5.82 Å². The summed E-state index contributed by atoms with van der Waals surface area (Å²) in [7, 11) is 0. The van der Waals surface area contributed by atoms with E-state index in [1.807, 2.05) is 0 Å². The molecule has 2 aromatic heterocycles. The average molecular weight is 323 g/mol. The molecule has 0 radical (unpaired) electrons. The highest BCUT2D eigenvalue weighted by atomic mass is 79.9. The molecule has 0 saturated carbocycles. The zero-order valence-corrected chi connectivity index (χ0v) is 11.2. The number of halogens is 2. The summed E-state index contributed by atoms with van der Waals surface area (Å²) in [5, 5.41) is 15.2. The van der Waals surface area contributed by atoms with Gasteiger partial charge in [-0.1, -0.05) is 18.2 Å². The maximum atomic E-state index is 13.6. The number of rotatable bonds is 3. The first kappa shape index (κ1) is 12.0. The Morgan fingerprint density at radius 1 is 1.26 bits per heavy atom. The Labute approximate surface area is 116 Å². The van der Waals surface area contributed by atoms with Crippen molar-refractivity contribution in [2.75, 3.05) is 0 Å². The van der Waals surface area contributed by atoms with Gasteiger partial charge in [-0.2, -0.15) is 9.78 Å². The van der Waals surface area contributed by atoms with E-state index in [0.29, 0.717) is 17.9 Å². The molecule has 1 aromatic carbocycles. The maximum absolute atomic E-state index is 13.6. The molecule has 0 bridgehead atoms. The molecule has 96 valence electrons. The van der Waals surface area contributed by atoms with E-state index in [2.05, 4.69) is 36.6 Å². The molecule has 0 saturated heterocycles. The SMILES string of the molecule is Fc1ccccc1Cn1cc(Br)c(-n2cnnn2)n1. The second kappa shape index (κ2) is 4.88. The molecule has 0 atom stereocenters. The maximum Gasteiger partial charge on any atom is 0.192 e. The molecule has 3 aromatic rings. The summed E-state index contributed by atoms with van der Waals surface area (Å²) in [5.74, 6) is 0.305. The van der Waals surface area contributed by atoms with Gasteiger partial charge in [-0.05, 0) is 32.4 Å². The predicted octanol–water partition coefficient (Wildman–Crippen LogP) is 1.81. The summed E-state index contributed by atoms with van der Waals surface area (Å²) in [5.41, 5.74) is 0.570. The molecular weight excluding hydrogens is 315 g/mol. The van der Waals surface area contributed by atoms with Gasteiger partial charge in [0.15, 0.2) is 5.82 Å². The first-order chi connectivity index (χ1) is 9.24. The van der Waals surface area contributed by atoms with E-state index in [9.17, 15) is 4.39 Å². The van der Waals surface area contributed by atoms with Crippen LogP contribution in [-0.2, 0) is 6.54 Å². The second-order valence-electron chi connectivity index (χ2n) is 3.84. The fourth-order valence-corrected chi connectivity index (χ4v) is 2.18. The summed E-state index contributed by atoms with van der Waals surface area (Å²) in [6.07, 6.45) is 3.20. The van der Waals surface area contributed by atoms with Gasteiger partial charge in [0.1, 0.15) is 12.1 Å². The lowest BCUT2D eigenvalue weighted by Gasteiger charge is -2.02. The predicted molar refractivity (Wildman–Crippen MR) is 68.1 cm³/mol. The molecule has 6 nitrogen and oxygen atoms in total. The zero-order chi connectivity index (χ0) is 13.2. The summed E-state index contributed by atoms with van der Waals surface area (Å²) in [6.45, 7) is 0.341. The van der Waals surface area contributed by atoms with E-state index in [4.69, 9.17) is 0 Å². The highest BCUT2D eigenvalue weighted by Crippen LogP contribution is 2.19. The molecular formula is C11H8BrFN6. The molecule has 0 aliphatic carbocycles. The Bertz CT molecular complexity index is 693. The van der Waals surface area contributed by atoms with Crippen molar-refractivity contribution in [1.82, 2.24) is 30.0 Å². The van der Waals surface area contributed by atoms with Gasteiger partial charge >= 0.3 is 0 Å². The number of nitrogens with zero attached hydrogens (tertiary/aromatic N) is 6. The van der Waals surface area contributed by atoms with Gasteiger partial charge in [-0.25, -0.2) is 4.39 Å². The van der Waals surface area contributed by atoms with Crippen LogP contribution in [0.1, 0.15) is 5.56 Å². The standard InChI is InChI=1S/C11H8BrFN6/c12-9-6-18(5-8-3-1-2-4-10(8)13)15-11(9)19-7-14-16-17-19/h1-4,6-7H,5H2. The number of hydrogen-bond acceptors (Lipinski definition) is 4. The first-order valence-corrected chi connectivity index (χ1v) is 6.23. The van der Waals surface area contributed by atoms with Crippen LogP contribution < -0.4 is 0 Å². The first-order valence-electron chi connectivity index (χ1n) is 5.44. The van der Waals surface area contributed by atoms with Crippen molar-refractivity contribution in [2.24, 2.45) is 0 Å². The molecule has 0 amide bonds. The van der Waals surface area contributed by atoms with E-state index >= 15 is 0 Å². The van der Waals surface area contributed by atoms with Gasteiger partial charge in [0.2, 0.25) is 0 Å². The van der Waals surface area contributed by atoms with E-state index in [0.717, 1.165) is 4.47 Å².